The van der Waals surface area contributed by atoms with Crippen LogP contribution >= 0.6 is 0 Å². The number of rotatable bonds is 3. The van der Waals surface area contributed by atoms with E-state index in [0.29, 0.717) is 11.4 Å². The zero-order valence-corrected chi connectivity index (χ0v) is 9.36. The van der Waals surface area contributed by atoms with Crippen LogP contribution in [0.15, 0.2) is 24.3 Å². The molecule has 0 spiro atoms. The quantitative estimate of drug-likeness (QED) is 0.837. The molecular weight excluding hydrogens is 238 g/mol. The summed E-state index contributed by atoms with van der Waals surface area (Å²) in [7, 11) is 0. The number of carbonyl (C=O) groups is 2. The van der Waals surface area contributed by atoms with Gasteiger partial charge in [-0.25, -0.2) is 14.3 Å². The van der Waals surface area contributed by atoms with Gasteiger partial charge in [0.2, 0.25) is 0 Å². The Hall–Kier alpha value is -2.70. The van der Waals surface area contributed by atoms with Crippen molar-refractivity contribution >= 4 is 11.9 Å². The molecule has 0 unspecified atom stereocenters. The second kappa shape index (κ2) is 4.28. The lowest BCUT2D eigenvalue weighted by Crippen LogP contribution is -2.09. The molecule has 2 rings (SSSR count). The number of aromatic carboxylic acids is 2. The SMILES string of the molecule is Cc1nnn(-c2ccc(C(=O)O)cc2)c1C(=O)O. The zero-order chi connectivity index (χ0) is 13.3. The monoisotopic (exact) mass is 247 g/mol. The number of nitrogens with zero attached hydrogens (tertiary/aromatic N) is 3. The Balaban J connectivity index is 2.49. The van der Waals surface area contributed by atoms with Crippen molar-refractivity contribution in [1.82, 2.24) is 15.0 Å². The smallest absolute Gasteiger partial charge is 0.356 e. The van der Waals surface area contributed by atoms with Gasteiger partial charge in [-0.2, -0.15) is 0 Å². The van der Waals surface area contributed by atoms with E-state index in [-0.39, 0.29) is 11.3 Å². The van der Waals surface area contributed by atoms with Crippen LogP contribution in [0.1, 0.15) is 26.5 Å². The molecule has 2 aromatic rings. The maximum Gasteiger partial charge on any atom is 0.356 e. The summed E-state index contributed by atoms with van der Waals surface area (Å²) in [6.45, 7) is 1.54. The van der Waals surface area contributed by atoms with Crippen LogP contribution in [0.25, 0.3) is 5.69 Å². The van der Waals surface area contributed by atoms with Crippen LogP contribution in [0.3, 0.4) is 0 Å². The number of carboxylic acids is 2. The fourth-order valence-corrected chi connectivity index (χ4v) is 1.53. The van der Waals surface area contributed by atoms with E-state index < -0.39 is 11.9 Å². The third-order valence-electron chi connectivity index (χ3n) is 2.40. The van der Waals surface area contributed by atoms with Crippen molar-refractivity contribution in [3.63, 3.8) is 0 Å². The lowest BCUT2D eigenvalue weighted by molar-refractivity contribution is 0.0678. The first-order chi connectivity index (χ1) is 8.50. The summed E-state index contributed by atoms with van der Waals surface area (Å²) < 4.78 is 1.16. The first-order valence-electron chi connectivity index (χ1n) is 5.00. The van der Waals surface area contributed by atoms with Crippen molar-refractivity contribution in [1.29, 1.82) is 0 Å². The number of hydrogen-bond acceptors (Lipinski definition) is 4. The molecule has 92 valence electrons. The summed E-state index contributed by atoms with van der Waals surface area (Å²) in [6, 6.07) is 5.70. The van der Waals surface area contributed by atoms with E-state index in [2.05, 4.69) is 10.3 Å². The Morgan fingerprint density at radius 3 is 2.22 bits per heavy atom. The highest BCUT2D eigenvalue weighted by Gasteiger charge is 2.17. The second-order valence-corrected chi connectivity index (χ2v) is 3.59. The third-order valence-corrected chi connectivity index (χ3v) is 2.40. The van der Waals surface area contributed by atoms with Crippen LogP contribution in [0, 0.1) is 6.92 Å². The zero-order valence-electron chi connectivity index (χ0n) is 9.36. The molecular formula is C11H9N3O4. The molecule has 0 atom stereocenters. The minimum atomic E-state index is -1.14. The number of aryl methyl sites for hydroxylation is 1. The molecule has 0 amide bonds. The molecule has 0 bridgehead atoms. The van der Waals surface area contributed by atoms with Crippen molar-refractivity contribution in [2.75, 3.05) is 0 Å². The Morgan fingerprint density at radius 1 is 1.11 bits per heavy atom. The molecule has 18 heavy (non-hydrogen) atoms. The van der Waals surface area contributed by atoms with Crippen LogP contribution in [0.2, 0.25) is 0 Å². The topological polar surface area (TPSA) is 105 Å². The molecule has 0 saturated carbocycles. The number of aromatic nitrogens is 3. The van der Waals surface area contributed by atoms with E-state index in [0.717, 1.165) is 4.68 Å². The molecule has 0 saturated heterocycles. The summed E-state index contributed by atoms with van der Waals surface area (Å²) in [5.41, 5.74) is 0.813. The molecule has 0 radical (unpaired) electrons. The highest BCUT2D eigenvalue weighted by molar-refractivity contribution is 5.88. The Morgan fingerprint density at radius 2 is 1.72 bits per heavy atom. The van der Waals surface area contributed by atoms with Gasteiger partial charge in [0.05, 0.1) is 16.9 Å². The predicted octanol–water partition coefficient (Wildman–Crippen LogP) is 0.972. The highest BCUT2D eigenvalue weighted by Crippen LogP contribution is 2.13. The fourth-order valence-electron chi connectivity index (χ4n) is 1.53. The van der Waals surface area contributed by atoms with Gasteiger partial charge in [0, 0.05) is 0 Å². The van der Waals surface area contributed by atoms with Crippen LogP contribution in [0.5, 0.6) is 0 Å². The number of benzene rings is 1. The lowest BCUT2D eigenvalue weighted by atomic mass is 10.2. The van der Waals surface area contributed by atoms with Crippen LogP contribution < -0.4 is 0 Å². The van der Waals surface area contributed by atoms with Gasteiger partial charge < -0.3 is 10.2 Å². The Labute approximate surface area is 101 Å². The van der Waals surface area contributed by atoms with E-state index in [4.69, 9.17) is 10.2 Å². The highest BCUT2D eigenvalue weighted by atomic mass is 16.4. The van der Waals surface area contributed by atoms with Gasteiger partial charge in [-0.3, -0.25) is 0 Å². The first-order valence-corrected chi connectivity index (χ1v) is 5.00. The maximum absolute atomic E-state index is 11.1. The standard InChI is InChI=1S/C11H9N3O4/c1-6-9(11(17)18)14(13-12-6)8-4-2-7(3-5-8)10(15)16/h2-5H,1H3,(H,15,16)(H,17,18). The van der Waals surface area contributed by atoms with Gasteiger partial charge in [-0.05, 0) is 31.2 Å². The first kappa shape index (κ1) is 11.8. The van der Waals surface area contributed by atoms with Gasteiger partial charge in [0.25, 0.3) is 0 Å². The molecule has 1 aromatic heterocycles. The Kier molecular flexibility index (Phi) is 2.80. The fraction of sp³-hybridized carbons (Fsp3) is 0.0909. The van der Waals surface area contributed by atoms with E-state index in [9.17, 15) is 9.59 Å². The molecule has 2 N–H and O–H groups in total. The van der Waals surface area contributed by atoms with Gasteiger partial charge in [-0.15, -0.1) is 5.10 Å². The van der Waals surface area contributed by atoms with Crippen LogP contribution in [-0.2, 0) is 0 Å². The summed E-state index contributed by atoms with van der Waals surface area (Å²) in [4.78, 5) is 21.8. The summed E-state index contributed by atoms with van der Waals surface area (Å²) >= 11 is 0. The van der Waals surface area contributed by atoms with Crippen LogP contribution in [-0.4, -0.2) is 37.1 Å². The van der Waals surface area contributed by atoms with Crippen molar-refractivity contribution in [2.45, 2.75) is 6.92 Å². The van der Waals surface area contributed by atoms with Gasteiger partial charge in [0.15, 0.2) is 5.69 Å². The largest absolute Gasteiger partial charge is 0.478 e. The molecule has 0 aliphatic rings. The van der Waals surface area contributed by atoms with Crippen molar-refractivity contribution in [3.8, 4) is 5.69 Å². The number of carboxylic acid groups (broad SMARTS) is 2. The van der Waals surface area contributed by atoms with Crippen molar-refractivity contribution in [3.05, 3.63) is 41.2 Å². The molecule has 0 fully saturated rings. The van der Waals surface area contributed by atoms with E-state index in [1.165, 1.54) is 24.3 Å². The normalized spacial score (nSPS) is 10.3. The van der Waals surface area contributed by atoms with E-state index in [1.807, 2.05) is 0 Å². The molecule has 7 nitrogen and oxygen atoms in total. The molecule has 0 aliphatic heterocycles. The summed E-state index contributed by atoms with van der Waals surface area (Å²) in [5.74, 6) is -2.19. The van der Waals surface area contributed by atoms with Gasteiger partial charge >= 0.3 is 11.9 Å². The number of hydrogen-bond donors (Lipinski definition) is 2. The minimum Gasteiger partial charge on any atom is -0.478 e. The summed E-state index contributed by atoms with van der Waals surface area (Å²) in [6.07, 6.45) is 0. The average Bonchev–Trinajstić information content (AvgIpc) is 2.71. The summed E-state index contributed by atoms with van der Waals surface area (Å²) in [5, 5.41) is 25.2. The van der Waals surface area contributed by atoms with Gasteiger partial charge in [-0.1, -0.05) is 5.21 Å². The molecule has 0 aliphatic carbocycles. The molecule has 1 heterocycles. The maximum atomic E-state index is 11.1. The third kappa shape index (κ3) is 1.93. The molecule has 7 heteroatoms. The van der Waals surface area contributed by atoms with Crippen molar-refractivity contribution in [2.24, 2.45) is 0 Å². The predicted molar refractivity (Wildman–Crippen MR) is 60.0 cm³/mol. The second-order valence-electron chi connectivity index (χ2n) is 3.59. The van der Waals surface area contributed by atoms with Crippen LogP contribution in [0.4, 0.5) is 0 Å². The Bertz CT molecular complexity index is 616. The van der Waals surface area contributed by atoms with Crippen molar-refractivity contribution < 1.29 is 19.8 Å². The molecule has 1 aromatic carbocycles. The van der Waals surface area contributed by atoms with Gasteiger partial charge in [0.1, 0.15) is 0 Å². The minimum absolute atomic E-state index is 0.0434. The lowest BCUT2D eigenvalue weighted by Gasteiger charge is -2.03. The average molecular weight is 247 g/mol. The van der Waals surface area contributed by atoms with E-state index in [1.54, 1.807) is 6.92 Å². The van der Waals surface area contributed by atoms with E-state index >= 15 is 0 Å².